The SMILES string of the molecule is c1ccc2cc(-c3cc(-c4nc(-c5cc6ccccc6c6ccccc56)nc(-c5cc6ccccc6c6ccccc56)n4)c4c(c3)oc3ccccc34)ccc2c1. The van der Waals surface area contributed by atoms with Gasteiger partial charge in [-0.1, -0.05) is 152 Å². The van der Waals surface area contributed by atoms with Crippen molar-refractivity contribution in [1.82, 2.24) is 15.0 Å². The van der Waals surface area contributed by atoms with E-state index < -0.39 is 0 Å². The Balaban J connectivity index is 1.21. The Kier molecular flexibility index (Phi) is 6.89. The fourth-order valence-corrected chi connectivity index (χ4v) is 8.78. The van der Waals surface area contributed by atoms with Crippen LogP contribution in [-0.2, 0) is 0 Å². The van der Waals surface area contributed by atoms with E-state index in [4.69, 9.17) is 19.4 Å². The highest BCUT2D eigenvalue weighted by molar-refractivity contribution is 6.16. The molecule has 0 amide bonds. The number of furan rings is 1. The van der Waals surface area contributed by atoms with Gasteiger partial charge in [0.05, 0.1) is 0 Å². The Morgan fingerprint density at radius 1 is 0.281 bits per heavy atom. The van der Waals surface area contributed by atoms with Crippen LogP contribution < -0.4 is 0 Å². The normalized spacial score (nSPS) is 11.9. The third-order valence-corrected chi connectivity index (χ3v) is 11.5. The van der Waals surface area contributed by atoms with Gasteiger partial charge in [0.1, 0.15) is 11.2 Å². The van der Waals surface area contributed by atoms with Crippen LogP contribution >= 0.6 is 0 Å². The number of aromatic nitrogens is 3. The van der Waals surface area contributed by atoms with Crippen LogP contribution in [0.5, 0.6) is 0 Å². The maximum absolute atomic E-state index is 6.63. The van der Waals surface area contributed by atoms with E-state index in [9.17, 15) is 0 Å². The molecule has 0 atom stereocenters. The fraction of sp³-hybridized carbons (Fsp3) is 0. The highest BCUT2D eigenvalue weighted by Gasteiger charge is 2.22. The van der Waals surface area contributed by atoms with Gasteiger partial charge in [-0.3, -0.25) is 0 Å². The highest BCUT2D eigenvalue weighted by atomic mass is 16.3. The first-order chi connectivity index (χ1) is 28.2. The van der Waals surface area contributed by atoms with Gasteiger partial charge in [-0.25, -0.2) is 15.0 Å². The molecule has 0 radical (unpaired) electrons. The molecule has 0 aliphatic heterocycles. The summed E-state index contributed by atoms with van der Waals surface area (Å²) >= 11 is 0. The van der Waals surface area contributed by atoms with Crippen LogP contribution in [0, 0.1) is 0 Å². The molecule has 264 valence electrons. The molecule has 2 aromatic heterocycles. The highest BCUT2D eigenvalue weighted by Crippen LogP contribution is 2.42. The van der Waals surface area contributed by atoms with E-state index in [0.29, 0.717) is 17.5 Å². The molecular weight excluding hydrogens is 695 g/mol. The summed E-state index contributed by atoms with van der Waals surface area (Å²) in [7, 11) is 0. The van der Waals surface area contributed by atoms with Gasteiger partial charge in [0.2, 0.25) is 0 Å². The maximum Gasteiger partial charge on any atom is 0.164 e. The monoisotopic (exact) mass is 725 g/mol. The zero-order valence-corrected chi connectivity index (χ0v) is 30.6. The van der Waals surface area contributed by atoms with Crippen molar-refractivity contribution in [2.45, 2.75) is 0 Å². The minimum atomic E-state index is 0.587. The molecule has 0 N–H and O–H groups in total. The molecule has 0 fully saturated rings. The Labute approximate surface area is 327 Å². The molecule has 10 aromatic carbocycles. The number of rotatable bonds is 4. The second-order valence-electron chi connectivity index (χ2n) is 14.7. The molecule has 57 heavy (non-hydrogen) atoms. The van der Waals surface area contributed by atoms with Crippen molar-refractivity contribution in [2.75, 3.05) is 0 Å². The second-order valence-corrected chi connectivity index (χ2v) is 14.7. The standard InChI is InChI=1S/C53H31N3O/c1-2-14-33-27-34(26-25-32(33)13-1)37-30-47(50-44-23-11-12-24-48(44)57-49(50)31-37)53-55-51(45-28-35-15-3-5-17-38(35)40-19-7-9-21-42(40)45)54-52(56-53)46-29-36-16-4-6-18-39(36)41-20-8-10-22-43(41)46/h1-31H. The zero-order valence-electron chi connectivity index (χ0n) is 30.6. The molecule has 0 saturated heterocycles. The van der Waals surface area contributed by atoms with E-state index in [2.05, 4.69) is 176 Å². The van der Waals surface area contributed by atoms with Crippen LogP contribution in [0.1, 0.15) is 0 Å². The van der Waals surface area contributed by atoms with Gasteiger partial charge in [0.25, 0.3) is 0 Å². The predicted molar refractivity (Wildman–Crippen MR) is 236 cm³/mol. The summed E-state index contributed by atoms with van der Waals surface area (Å²) in [6.07, 6.45) is 0. The molecule has 4 nitrogen and oxygen atoms in total. The molecule has 0 aliphatic carbocycles. The summed E-state index contributed by atoms with van der Waals surface area (Å²) in [5.41, 5.74) is 6.52. The minimum Gasteiger partial charge on any atom is -0.456 e. The summed E-state index contributed by atoms with van der Waals surface area (Å²) in [4.78, 5) is 16.3. The number of hydrogen-bond donors (Lipinski definition) is 0. The molecular formula is C53H31N3O. The van der Waals surface area contributed by atoms with Crippen molar-refractivity contribution in [3.63, 3.8) is 0 Å². The number of para-hydroxylation sites is 1. The van der Waals surface area contributed by atoms with Crippen molar-refractivity contribution in [1.29, 1.82) is 0 Å². The molecule has 12 aromatic rings. The van der Waals surface area contributed by atoms with Crippen molar-refractivity contribution in [2.24, 2.45) is 0 Å². The first-order valence-corrected chi connectivity index (χ1v) is 19.3. The Morgan fingerprint density at radius 3 is 1.37 bits per heavy atom. The van der Waals surface area contributed by atoms with Gasteiger partial charge in [0, 0.05) is 27.5 Å². The molecule has 4 heteroatoms. The predicted octanol–water partition coefficient (Wildman–Crippen LogP) is 14.2. The largest absolute Gasteiger partial charge is 0.456 e. The lowest BCUT2D eigenvalue weighted by Crippen LogP contribution is -2.02. The smallest absolute Gasteiger partial charge is 0.164 e. The quantitative estimate of drug-likeness (QED) is 0.170. The van der Waals surface area contributed by atoms with Crippen LogP contribution in [0.25, 0.3) is 121 Å². The summed E-state index contributed by atoms with van der Waals surface area (Å²) in [6, 6.07) is 66.3. The maximum atomic E-state index is 6.63. The van der Waals surface area contributed by atoms with E-state index in [1.165, 1.54) is 21.5 Å². The van der Waals surface area contributed by atoms with Gasteiger partial charge in [-0.15, -0.1) is 0 Å². The number of fused-ring (bicyclic) bond motifs is 10. The zero-order chi connectivity index (χ0) is 37.5. The lowest BCUT2D eigenvalue weighted by Gasteiger charge is -2.15. The van der Waals surface area contributed by atoms with Crippen LogP contribution in [0.2, 0.25) is 0 Å². The van der Waals surface area contributed by atoms with Crippen molar-refractivity contribution in [3.8, 4) is 45.3 Å². The molecule has 12 rings (SSSR count). The Bertz CT molecular complexity index is 3460. The van der Waals surface area contributed by atoms with Gasteiger partial charge < -0.3 is 4.42 Å². The van der Waals surface area contributed by atoms with Crippen molar-refractivity contribution >= 4 is 75.8 Å². The van der Waals surface area contributed by atoms with Crippen LogP contribution in [0.15, 0.2) is 192 Å². The number of benzene rings is 10. The lowest BCUT2D eigenvalue weighted by atomic mass is 9.95. The van der Waals surface area contributed by atoms with E-state index in [0.717, 1.165) is 82.1 Å². The summed E-state index contributed by atoms with van der Waals surface area (Å²) in [5, 5.41) is 13.5. The van der Waals surface area contributed by atoms with Crippen LogP contribution in [0.4, 0.5) is 0 Å². The second kappa shape index (κ2) is 12.4. The Morgan fingerprint density at radius 2 is 0.754 bits per heavy atom. The lowest BCUT2D eigenvalue weighted by molar-refractivity contribution is 0.669. The van der Waals surface area contributed by atoms with E-state index >= 15 is 0 Å². The molecule has 0 saturated carbocycles. The van der Waals surface area contributed by atoms with Crippen LogP contribution in [0.3, 0.4) is 0 Å². The summed E-state index contributed by atoms with van der Waals surface area (Å²) < 4.78 is 6.63. The third-order valence-electron chi connectivity index (χ3n) is 11.5. The Hall–Kier alpha value is -7.69. The summed E-state index contributed by atoms with van der Waals surface area (Å²) in [5.74, 6) is 1.82. The van der Waals surface area contributed by atoms with Crippen molar-refractivity contribution in [3.05, 3.63) is 188 Å². The third kappa shape index (κ3) is 5.04. The molecule has 0 aliphatic rings. The van der Waals surface area contributed by atoms with Gasteiger partial charge in [-0.05, 0) is 101 Å². The molecule has 0 bridgehead atoms. The minimum absolute atomic E-state index is 0.587. The van der Waals surface area contributed by atoms with Gasteiger partial charge in [0.15, 0.2) is 17.5 Å². The van der Waals surface area contributed by atoms with E-state index in [-0.39, 0.29) is 0 Å². The van der Waals surface area contributed by atoms with Gasteiger partial charge >= 0.3 is 0 Å². The average molecular weight is 726 g/mol. The number of nitrogens with zero attached hydrogens (tertiary/aromatic N) is 3. The van der Waals surface area contributed by atoms with Gasteiger partial charge in [-0.2, -0.15) is 0 Å². The van der Waals surface area contributed by atoms with Crippen LogP contribution in [-0.4, -0.2) is 15.0 Å². The molecule has 0 unspecified atom stereocenters. The average Bonchev–Trinajstić information content (AvgIpc) is 3.66. The molecule has 2 heterocycles. The van der Waals surface area contributed by atoms with E-state index in [1.54, 1.807) is 0 Å². The first kappa shape index (κ1) is 31.6. The van der Waals surface area contributed by atoms with E-state index in [1.807, 2.05) is 12.1 Å². The number of hydrogen-bond acceptors (Lipinski definition) is 4. The topological polar surface area (TPSA) is 51.8 Å². The first-order valence-electron chi connectivity index (χ1n) is 19.3. The fourth-order valence-electron chi connectivity index (χ4n) is 8.78. The molecule has 0 spiro atoms. The van der Waals surface area contributed by atoms with Crippen molar-refractivity contribution < 1.29 is 4.42 Å². The summed E-state index contributed by atoms with van der Waals surface area (Å²) in [6.45, 7) is 0.